The highest BCUT2D eigenvalue weighted by Crippen LogP contribution is 2.20. The summed E-state index contributed by atoms with van der Waals surface area (Å²) in [5.74, 6) is 1.14. The van der Waals surface area contributed by atoms with Gasteiger partial charge in [-0.25, -0.2) is 4.98 Å². The monoisotopic (exact) mass is 258 g/mol. The number of benzene rings is 1. The Hall–Kier alpha value is -2.00. The Morgan fingerprint density at radius 1 is 1.22 bits per heavy atom. The predicted molar refractivity (Wildman–Crippen MR) is 71.1 cm³/mol. The van der Waals surface area contributed by atoms with Crippen molar-refractivity contribution in [2.24, 2.45) is 0 Å². The molecule has 0 aliphatic rings. The Morgan fingerprint density at radius 2 is 2.06 bits per heavy atom. The van der Waals surface area contributed by atoms with Crippen molar-refractivity contribution >= 4 is 17.1 Å². The fourth-order valence-electron chi connectivity index (χ4n) is 1.99. The van der Waals surface area contributed by atoms with E-state index in [4.69, 9.17) is 11.6 Å². The van der Waals surface area contributed by atoms with Crippen LogP contribution in [0, 0.1) is 0 Å². The third-order valence-corrected chi connectivity index (χ3v) is 3.27. The molecule has 3 nitrogen and oxygen atoms in total. The molecular formula is C14H11ClN2O. The van der Waals surface area contributed by atoms with Gasteiger partial charge in [0.25, 0.3) is 0 Å². The van der Waals surface area contributed by atoms with Gasteiger partial charge >= 0.3 is 0 Å². The first-order valence-electron chi connectivity index (χ1n) is 5.62. The summed E-state index contributed by atoms with van der Waals surface area (Å²) in [6.45, 7) is 0. The van der Waals surface area contributed by atoms with E-state index >= 15 is 0 Å². The molecule has 0 amide bonds. The molecule has 1 N–H and O–H groups in total. The first kappa shape index (κ1) is 11.1. The molecule has 2 aromatic heterocycles. The van der Waals surface area contributed by atoms with Crippen molar-refractivity contribution in [2.75, 3.05) is 0 Å². The molecule has 18 heavy (non-hydrogen) atoms. The number of rotatable bonds is 2. The van der Waals surface area contributed by atoms with Gasteiger partial charge in [0, 0.05) is 23.7 Å². The lowest BCUT2D eigenvalue weighted by atomic mass is 10.1. The fourth-order valence-corrected chi connectivity index (χ4v) is 2.19. The maximum absolute atomic E-state index is 9.41. The first-order valence-corrected chi connectivity index (χ1v) is 6.00. The second-order valence-corrected chi connectivity index (χ2v) is 4.53. The minimum absolute atomic E-state index is 0.242. The number of fused-ring (bicyclic) bond motifs is 1. The van der Waals surface area contributed by atoms with Crippen LogP contribution >= 0.6 is 11.6 Å². The van der Waals surface area contributed by atoms with E-state index in [1.807, 2.05) is 34.9 Å². The summed E-state index contributed by atoms with van der Waals surface area (Å²) in [4.78, 5) is 4.37. The van der Waals surface area contributed by atoms with Gasteiger partial charge in [-0.15, -0.1) is 0 Å². The Morgan fingerprint density at radius 3 is 2.89 bits per heavy atom. The van der Waals surface area contributed by atoms with Crippen molar-refractivity contribution in [3.05, 3.63) is 65.2 Å². The minimum Gasteiger partial charge on any atom is -0.508 e. The van der Waals surface area contributed by atoms with Crippen LogP contribution in [0.1, 0.15) is 11.4 Å². The van der Waals surface area contributed by atoms with E-state index in [0.29, 0.717) is 6.42 Å². The molecule has 0 radical (unpaired) electrons. The third-order valence-electron chi connectivity index (χ3n) is 2.90. The van der Waals surface area contributed by atoms with Crippen LogP contribution < -0.4 is 0 Å². The van der Waals surface area contributed by atoms with Crippen LogP contribution in [-0.4, -0.2) is 14.5 Å². The number of hydrogen-bond donors (Lipinski definition) is 1. The van der Waals surface area contributed by atoms with Crippen LogP contribution in [0.3, 0.4) is 0 Å². The number of pyridine rings is 1. The summed E-state index contributed by atoms with van der Waals surface area (Å²) in [6, 6.07) is 11.1. The van der Waals surface area contributed by atoms with Crippen LogP contribution in [0.25, 0.3) is 5.52 Å². The SMILES string of the molecule is Oc1ccn2c(Cc3ccccc3Cl)ncc2c1. The molecule has 0 aliphatic carbocycles. The summed E-state index contributed by atoms with van der Waals surface area (Å²) in [5.41, 5.74) is 1.91. The quantitative estimate of drug-likeness (QED) is 0.766. The number of aromatic nitrogens is 2. The Labute approximate surface area is 109 Å². The maximum Gasteiger partial charge on any atom is 0.119 e. The van der Waals surface area contributed by atoms with Gasteiger partial charge in [-0.3, -0.25) is 0 Å². The average Bonchev–Trinajstić information content (AvgIpc) is 2.74. The number of nitrogens with zero attached hydrogens (tertiary/aromatic N) is 2. The topological polar surface area (TPSA) is 37.5 Å². The molecule has 3 rings (SSSR count). The van der Waals surface area contributed by atoms with Gasteiger partial charge < -0.3 is 9.51 Å². The smallest absolute Gasteiger partial charge is 0.119 e. The molecule has 2 heterocycles. The third kappa shape index (κ3) is 1.93. The minimum atomic E-state index is 0.242. The van der Waals surface area contributed by atoms with E-state index in [9.17, 15) is 5.11 Å². The Bertz CT molecular complexity index is 706. The van der Waals surface area contributed by atoms with Crippen molar-refractivity contribution < 1.29 is 5.11 Å². The second kappa shape index (κ2) is 4.35. The van der Waals surface area contributed by atoms with Gasteiger partial charge in [0.1, 0.15) is 11.6 Å². The van der Waals surface area contributed by atoms with E-state index in [-0.39, 0.29) is 5.75 Å². The molecule has 90 valence electrons. The van der Waals surface area contributed by atoms with Gasteiger partial charge in [0.2, 0.25) is 0 Å². The van der Waals surface area contributed by atoms with Crippen LogP contribution in [0.15, 0.2) is 48.8 Å². The standard InChI is InChI=1S/C14H11ClN2O/c15-13-4-2-1-3-10(13)7-14-16-9-11-8-12(18)5-6-17(11)14/h1-6,8-9,18H,7H2. The van der Waals surface area contributed by atoms with Crippen LogP contribution in [0.5, 0.6) is 5.75 Å². The summed E-state index contributed by atoms with van der Waals surface area (Å²) in [6.07, 6.45) is 4.22. The zero-order valence-electron chi connectivity index (χ0n) is 9.55. The number of imidazole rings is 1. The van der Waals surface area contributed by atoms with Gasteiger partial charge in [-0.1, -0.05) is 29.8 Å². The molecule has 1 aromatic carbocycles. The van der Waals surface area contributed by atoms with Crippen molar-refractivity contribution in [2.45, 2.75) is 6.42 Å². The zero-order chi connectivity index (χ0) is 12.5. The number of halogens is 1. The molecule has 0 fully saturated rings. The lowest BCUT2D eigenvalue weighted by molar-refractivity contribution is 0.475. The molecule has 0 spiro atoms. The molecular weight excluding hydrogens is 248 g/mol. The second-order valence-electron chi connectivity index (χ2n) is 4.12. The fraction of sp³-hybridized carbons (Fsp3) is 0.0714. The number of hydrogen-bond acceptors (Lipinski definition) is 2. The Balaban J connectivity index is 2.03. The van der Waals surface area contributed by atoms with Crippen molar-refractivity contribution in [1.82, 2.24) is 9.38 Å². The molecule has 0 saturated heterocycles. The highest BCUT2D eigenvalue weighted by Gasteiger charge is 2.07. The highest BCUT2D eigenvalue weighted by atomic mass is 35.5. The largest absolute Gasteiger partial charge is 0.508 e. The van der Waals surface area contributed by atoms with Crippen molar-refractivity contribution in [1.29, 1.82) is 0 Å². The molecule has 3 aromatic rings. The van der Waals surface area contributed by atoms with E-state index in [0.717, 1.165) is 21.9 Å². The van der Waals surface area contributed by atoms with Crippen molar-refractivity contribution in [3.8, 4) is 5.75 Å². The average molecular weight is 259 g/mol. The van der Waals surface area contributed by atoms with Gasteiger partial charge in [-0.05, 0) is 17.7 Å². The summed E-state index contributed by atoms with van der Waals surface area (Å²) in [5, 5.41) is 10.2. The van der Waals surface area contributed by atoms with E-state index in [1.54, 1.807) is 18.3 Å². The molecule has 0 saturated carbocycles. The van der Waals surface area contributed by atoms with E-state index in [1.165, 1.54) is 0 Å². The predicted octanol–water partition coefficient (Wildman–Crippen LogP) is 3.28. The Kier molecular flexibility index (Phi) is 2.68. The van der Waals surface area contributed by atoms with Gasteiger partial charge in [0.05, 0.1) is 11.7 Å². The zero-order valence-corrected chi connectivity index (χ0v) is 10.3. The highest BCUT2D eigenvalue weighted by molar-refractivity contribution is 6.31. The lowest BCUT2D eigenvalue weighted by Gasteiger charge is -2.04. The molecule has 0 unspecified atom stereocenters. The van der Waals surface area contributed by atoms with Crippen LogP contribution in [0.2, 0.25) is 5.02 Å². The summed E-state index contributed by atoms with van der Waals surface area (Å²) >= 11 is 6.14. The van der Waals surface area contributed by atoms with E-state index < -0.39 is 0 Å². The summed E-state index contributed by atoms with van der Waals surface area (Å²) < 4.78 is 1.95. The molecule has 0 aliphatic heterocycles. The number of aromatic hydroxyl groups is 1. The van der Waals surface area contributed by atoms with E-state index in [2.05, 4.69) is 4.98 Å². The molecule has 0 bridgehead atoms. The molecule has 4 heteroatoms. The van der Waals surface area contributed by atoms with Gasteiger partial charge in [0.15, 0.2) is 0 Å². The first-order chi connectivity index (χ1) is 8.74. The summed E-state index contributed by atoms with van der Waals surface area (Å²) in [7, 11) is 0. The van der Waals surface area contributed by atoms with Crippen LogP contribution in [0.4, 0.5) is 0 Å². The normalized spacial score (nSPS) is 10.9. The van der Waals surface area contributed by atoms with Gasteiger partial charge in [-0.2, -0.15) is 0 Å². The molecule has 0 atom stereocenters. The maximum atomic E-state index is 9.41. The van der Waals surface area contributed by atoms with Crippen LogP contribution in [-0.2, 0) is 6.42 Å². The van der Waals surface area contributed by atoms with Crippen molar-refractivity contribution in [3.63, 3.8) is 0 Å². The lowest BCUT2D eigenvalue weighted by Crippen LogP contribution is -1.96.